The molecule has 3 atom stereocenters. The van der Waals surface area contributed by atoms with Crippen molar-refractivity contribution in [1.29, 1.82) is 0 Å². The maximum Gasteiger partial charge on any atom is 0.425 e. The Balaban J connectivity index is 1.47. The van der Waals surface area contributed by atoms with E-state index in [1.807, 2.05) is 12.3 Å². The zero-order chi connectivity index (χ0) is 23.4. The number of anilines is 2. The highest BCUT2D eigenvalue weighted by molar-refractivity contribution is 5.77. The van der Waals surface area contributed by atoms with E-state index >= 15 is 0 Å². The number of nitrogens with one attached hydrogen (secondary N) is 1. The van der Waals surface area contributed by atoms with Gasteiger partial charge in [0.25, 0.3) is 5.88 Å². The first kappa shape index (κ1) is 22.0. The highest BCUT2D eigenvalue weighted by Crippen LogP contribution is 2.36. The van der Waals surface area contributed by atoms with Crippen LogP contribution in [0.3, 0.4) is 0 Å². The number of fused-ring (bicyclic) bond motifs is 1. The summed E-state index contributed by atoms with van der Waals surface area (Å²) in [6.45, 7) is 7.28. The van der Waals surface area contributed by atoms with Gasteiger partial charge in [-0.15, -0.1) is 5.10 Å². The summed E-state index contributed by atoms with van der Waals surface area (Å²) in [7, 11) is 0. The van der Waals surface area contributed by atoms with Crippen molar-refractivity contribution in [3.63, 3.8) is 0 Å². The fourth-order valence-electron chi connectivity index (χ4n) is 3.93. The third-order valence-corrected chi connectivity index (χ3v) is 6.49. The Morgan fingerprint density at radius 1 is 1.27 bits per heavy atom. The first-order valence-electron chi connectivity index (χ1n) is 10.7. The molecule has 12 heteroatoms. The normalized spacial score (nSPS) is 24.7. The van der Waals surface area contributed by atoms with Crippen molar-refractivity contribution < 1.29 is 27.4 Å². The standard InChI is InChI=1S/C21H25F3N6O3/c1-12-8-32-11-20(12,3)29-5-4-14-6-25-19(27-17(14)29)26-16-7-30(15-9-31-10-15)28-18(16)33-13(2)21(22,23)24/h4-7,12-13,15H,8-11H2,1-3H3,(H,25,26,27)/t12-,13+,20+/m0/s1. The van der Waals surface area contributed by atoms with E-state index in [9.17, 15) is 13.2 Å². The molecular weight excluding hydrogens is 441 g/mol. The molecule has 0 aromatic carbocycles. The Hall–Kier alpha value is -2.86. The van der Waals surface area contributed by atoms with Gasteiger partial charge in [-0.3, -0.25) is 4.68 Å². The molecule has 5 heterocycles. The molecule has 0 radical (unpaired) electrons. The minimum atomic E-state index is -4.52. The van der Waals surface area contributed by atoms with E-state index in [2.05, 4.69) is 38.8 Å². The fraction of sp³-hybridized carbons (Fsp3) is 0.571. The van der Waals surface area contributed by atoms with Gasteiger partial charge in [0.15, 0.2) is 6.10 Å². The van der Waals surface area contributed by atoms with E-state index in [4.69, 9.17) is 14.2 Å². The number of rotatable bonds is 6. The second-order valence-electron chi connectivity index (χ2n) is 8.88. The second kappa shape index (κ2) is 7.87. The lowest BCUT2D eigenvalue weighted by Crippen LogP contribution is -2.36. The molecule has 0 bridgehead atoms. The van der Waals surface area contributed by atoms with Crippen LogP contribution in [0.1, 0.15) is 26.8 Å². The van der Waals surface area contributed by atoms with Crippen molar-refractivity contribution in [2.75, 3.05) is 31.7 Å². The summed E-state index contributed by atoms with van der Waals surface area (Å²) in [5.74, 6) is 0.341. The molecule has 2 aliphatic rings. The van der Waals surface area contributed by atoms with Gasteiger partial charge in [0.05, 0.1) is 44.2 Å². The quantitative estimate of drug-likeness (QED) is 0.593. The predicted molar refractivity (Wildman–Crippen MR) is 113 cm³/mol. The molecule has 0 amide bonds. The van der Waals surface area contributed by atoms with Crippen LogP contribution in [0.4, 0.5) is 24.8 Å². The van der Waals surface area contributed by atoms with Crippen molar-refractivity contribution in [2.45, 2.75) is 44.6 Å². The molecule has 0 aliphatic carbocycles. The van der Waals surface area contributed by atoms with Crippen LogP contribution in [0.15, 0.2) is 24.7 Å². The highest BCUT2D eigenvalue weighted by atomic mass is 19.4. The van der Waals surface area contributed by atoms with Gasteiger partial charge >= 0.3 is 6.18 Å². The van der Waals surface area contributed by atoms with Crippen LogP contribution < -0.4 is 10.1 Å². The maximum atomic E-state index is 13.1. The van der Waals surface area contributed by atoms with E-state index < -0.39 is 12.3 Å². The molecular formula is C21H25F3N6O3. The van der Waals surface area contributed by atoms with Gasteiger partial charge in [0.2, 0.25) is 5.95 Å². The number of hydrogen-bond donors (Lipinski definition) is 1. The summed E-state index contributed by atoms with van der Waals surface area (Å²) in [6.07, 6.45) is -1.32. The molecule has 2 aliphatic heterocycles. The van der Waals surface area contributed by atoms with Gasteiger partial charge in [-0.25, -0.2) is 4.98 Å². The zero-order valence-electron chi connectivity index (χ0n) is 18.5. The zero-order valence-corrected chi connectivity index (χ0v) is 18.5. The topological polar surface area (TPSA) is 88.2 Å². The van der Waals surface area contributed by atoms with Crippen molar-refractivity contribution in [1.82, 2.24) is 24.3 Å². The number of aromatic nitrogens is 5. The molecule has 3 aromatic heterocycles. The monoisotopic (exact) mass is 466 g/mol. The van der Waals surface area contributed by atoms with Crippen LogP contribution in [0.25, 0.3) is 11.0 Å². The molecule has 5 rings (SSSR count). The fourth-order valence-corrected chi connectivity index (χ4v) is 3.93. The van der Waals surface area contributed by atoms with E-state index in [0.717, 1.165) is 12.3 Å². The smallest absolute Gasteiger partial charge is 0.425 e. The van der Waals surface area contributed by atoms with Gasteiger partial charge in [-0.05, 0) is 19.9 Å². The number of nitrogens with zero attached hydrogens (tertiary/aromatic N) is 5. The van der Waals surface area contributed by atoms with Crippen LogP contribution >= 0.6 is 0 Å². The molecule has 0 unspecified atom stereocenters. The van der Waals surface area contributed by atoms with Crippen molar-refractivity contribution >= 4 is 22.7 Å². The van der Waals surface area contributed by atoms with Gasteiger partial charge in [-0.1, -0.05) is 6.92 Å². The molecule has 1 N–H and O–H groups in total. The maximum absolute atomic E-state index is 13.1. The second-order valence-corrected chi connectivity index (χ2v) is 8.88. The Labute approximate surface area is 187 Å². The molecule has 0 spiro atoms. The van der Waals surface area contributed by atoms with Crippen LogP contribution in [0.2, 0.25) is 0 Å². The van der Waals surface area contributed by atoms with Crippen LogP contribution in [-0.4, -0.2) is 63.0 Å². The third-order valence-electron chi connectivity index (χ3n) is 6.49. The largest absolute Gasteiger partial charge is 0.462 e. The van der Waals surface area contributed by atoms with E-state index in [1.54, 1.807) is 17.1 Å². The minimum absolute atomic E-state index is 0.0615. The summed E-state index contributed by atoms with van der Waals surface area (Å²) >= 11 is 0. The lowest BCUT2D eigenvalue weighted by Gasteiger charge is -2.29. The Morgan fingerprint density at radius 3 is 2.70 bits per heavy atom. The SMILES string of the molecule is C[C@@H](Oc1nn(C2COC2)cc1Nc1ncc2ccn([C@]3(C)COC[C@@H]3C)c2n1)C(F)(F)F. The Morgan fingerprint density at radius 2 is 2.06 bits per heavy atom. The van der Waals surface area contributed by atoms with E-state index in [-0.39, 0.29) is 35.0 Å². The summed E-state index contributed by atoms with van der Waals surface area (Å²) in [5, 5.41) is 8.06. The molecule has 2 fully saturated rings. The molecule has 0 saturated carbocycles. The summed E-state index contributed by atoms with van der Waals surface area (Å²) in [6, 6.07) is 1.87. The number of hydrogen-bond acceptors (Lipinski definition) is 7. The molecule has 9 nitrogen and oxygen atoms in total. The lowest BCUT2D eigenvalue weighted by atomic mass is 9.90. The molecule has 3 aromatic rings. The Kier molecular flexibility index (Phi) is 5.24. The first-order valence-corrected chi connectivity index (χ1v) is 10.7. The average molecular weight is 466 g/mol. The molecule has 178 valence electrons. The minimum Gasteiger partial charge on any atom is -0.462 e. The van der Waals surface area contributed by atoms with Crippen molar-refractivity contribution in [2.24, 2.45) is 5.92 Å². The van der Waals surface area contributed by atoms with Crippen LogP contribution in [0, 0.1) is 5.92 Å². The van der Waals surface area contributed by atoms with E-state index in [0.29, 0.717) is 32.1 Å². The number of halogens is 3. The highest BCUT2D eigenvalue weighted by Gasteiger charge is 2.40. The Bertz CT molecular complexity index is 1160. The third kappa shape index (κ3) is 3.90. The van der Waals surface area contributed by atoms with Gasteiger partial charge in [0.1, 0.15) is 11.3 Å². The molecule has 33 heavy (non-hydrogen) atoms. The van der Waals surface area contributed by atoms with Gasteiger partial charge in [-0.2, -0.15) is 18.2 Å². The van der Waals surface area contributed by atoms with E-state index in [1.165, 1.54) is 0 Å². The first-order chi connectivity index (χ1) is 15.6. The van der Waals surface area contributed by atoms with Crippen molar-refractivity contribution in [3.05, 3.63) is 24.7 Å². The summed E-state index contributed by atoms with van der Waals surface area (Å²) < 4.78 is 58.9. The van der Waals surface area contributed by atoms with Crippen LogP contribution in [-0.2, 0) is 15.0 Å². The summed E-state index contributed by atoms with van der Waals surface area (Å²) in [5.41, 5.74) is 0.691. The van der Waals surface area contributed by atoms with Crippen molar-refractivity contribution in [3.8, 4) is 5.88 Å². The summed E-state index contributed by atoms with van der Waals surface area (Å²) in [4.78, 5) is 8.99. The average Bonchev–Trinajstić information content (AvgIpc) is 3.39. The molecule has 2 saturated heterocycles. The van der Waals surface area contributed by atoms with Gasteiger partial charge in [0, 0.05) is 23.7 Å². The lowest BCUT2D eigenvalue weighted by molar-refractivity contribution is -0.189. The number of alkyl halides is 3. The number of ether oxygens (including phenoxy) is 3. The van der Waals surface area contributed by atoms with Gasteiger partial charge < -0.3 is 24.1 Å². The predicted octanol–water partition coefficient (Wildman–Crippen LogP) is 3.65. The van der Waals surface area contributed by atoms with Crippen LogP contribution in [0.5, 0.6) is 5.88 Å².